The maximum atomic E-state index is 12.4. The largest absolute Gasteiger partial charge is 0.481 e. The number of thiazole rings is 1. The Balaban J connectivity index is 1.89. The summed E-state index contributed by atoms with van der Waals surface area (Å²) in [6.45, 7) is 7.07. The second-order valence-corrected chi connectivity index (χ2v) is 6.13. The van der Waals surface area contributed by atoms with Crippen LogP contribution in [0.2, 0.25) is 0 Å². The van der Waals surface area contributed by atoms with Gasteiger partial charge in [0, 0.05) is 32.7 Å². The number of nitrogens with zero attached hydrogens (tertiary/aromatic N) is 3. The Morgan fingerprint density at radius 3 is 2.40 bits per heavy atom. The molecule has 0 unspecified atom stereocenters. The molecule has 7 heteroatoms. The zero-order chi connectivity index (χ0) is 14.7. The van der Waals surface area contributed by atoms with Crippen molar-refractivity contribution in [1.82, 2.24) is 14.8 Å². The molecule has 1 saturated heterocycles. The van der Waals surface area contributed by atoms with Crippen LogP contribution in [0.4, 0.5) is 0 Å². The lowest BCUT2D eigenvalue weighted by Crippen LogP contribution is -2.49. The summed E-state index contributed by atoms with van der Waals surface area (Å²) in [5, 5.41) is 9.58. The van der Waals surface area contributed by atoms with E-state index in [4.69, 9.17) is 5.11 Å². The number of amides is 1. The van der Waals surface area contributed by atoms with Gasteiger partial charge in [-0.3, -0.25) is 14.5 Å². The summed E-state index contributed by atoms with van der Waals surface area (Å²) in [6, 6.07) is 0. The molecule has 2 rings (SSSR count). The lowest BCUT2D eigenvalue weighted by Gasteiger charge is -2.34. The molecule has 1 aromatic rings. The van der Waals surface area contributed by atoms with E-state index >= 15 is 0 Å². The van der Waals surface area contributed by atoms with Gasteiger partial charge in [-0.15, -0.1) is 11.3 Å². The highest BCUT2D eigenvalue weighted by Gasteiger charge is 2.24. The third kappa shape index (κ3) is 3.55. The molecule has 6 nitrogen and oxygen atoms in total. The van der Waals surface area contributed by atoms with Crippen LogP contribution in [-0.4, -0.2) is 64.5 Å². The predicted octanol–water partition coefficient (Wildman–Crippen LogP) is 0.992. The summed E-state index contributed by atoms with van der Waals surface area (Å²) in [4.78, 5) is 31.9. The van der Waals surface area contributed by atoms with Crippen molar-refractivity contribution in [3.63, 3.8) is 0 Å². The molecule has 1 fully saturated rings. The van der Waals surface area contributed by atoms with Crippen LogP contribution in [-0.2, 0) is 4.79 Å². The number of carbonyl (C=O) groups excluding carboxylic acids is 1. The van der Waals surface area contributed by atoms with Gasteiger partial charge in [-0.25, -0.2) is 4.98 Å². The van der Waals surface area contributed by atoms with E-state index in [1.807, 2.05) is 18.7 Å². The summed E-state index contributed by atoms with van der Waals surface area (Å²) in [5.41, 5.74) is 0.797. The zero-order valence-corrected chi connectivity index (χ0v) is 12.6. The first-order valence-electron chi connectivity index (χ1n) is 6.65. The fraction of sp³-hybridized carbons (Fsp3) is 0.615. The Labute approximate surface area is 122 Å². The first kappa shape index (κ1) is 14.9. The van der Waals surface area contributed by atoms with Gasteiger partial charge in [-0.05, 0) is 13.8 Å². The number of aromatic nitrogens is 1. The molecule has 0 aliphatic carbocycles. The summed E-state index contributed by atoms with van der Waals surface area (Å²) < 4.78 is 0. The van der Waals surface area contributed by atoms with Crippen LogP contribution in [0.15, 0.2) is 0 Å². The third-order valence-corrected chi connectivity index (χ3v) is 4.46. The molecule has 0 radical (unpaired) electrons. The molecule has 0 aromatic carbocycles. The van der Waals surface area contributed by atoms with Gasteiger partial charge in [0.25, 0.3) is 5.91 Å². The van der Waals surface area contributed by atoms with E-state index < -0.39 is 5.97 Å². The van der Waals surface area contributed by atoms with Crippen molar-refractivity contribution in [2.24, 2.45) is 0 Å². The summed E-state index contributed by atoms with van der Waals surface area (Å²) in [5.74, 6) is -0.731. The number of carbonyl (C=O) groups is 2. The number of hydrogen-bond acceptors (Lipinski definition) is 5. The van der Waals surface area contributed by atoms with E-state index in [2.05, 4.69) is 9.88 Å². The fourth-order valence-electron chi connectivity index (χ4n) is 2.30. The van der Waals surface area contributed by atoms with E-state index in [1.165, 1.54) is 11.3 Å². The minimum absolute atomic E-state index is 0.0472. The summed E-state index contributed by atoms with van der Waals surface area (Å²) in [7, 11) is 0. The van der Waals surface area contributed by atoms with Gasteiger partial charge in [0.05, 0.1) is 17.1 Å². The van der Waals surface area contributed by atoms with Crippen LogP contribution in [0.5, 0.6) is 0 Å². The highest BCUT2D eigenvalue weighted by molar-refractivity contribution is 7.13. The van der Waals surface area contributed by atoms with E-state index in [0.29, 0.717) is 19.6 Å². The van der Waals surface area contributed by atoms with Crippen LogP contribution in [0.1, 0.15) is 26.8 Å². The third-order valence-electron chi connectivity index (χ3n) is 3.40. The molecule has 0 atom stereocenters. The topological polar surface area (TPSA) is 73.7 Å². The first-order chi connectivity index (χ1) is 9.47. The molecule has 0 spiro atoms. The summed E-state index contributed by atoms with van der Waals surface area (Å²) >= 11 is 1.44. The fourth-order valence-corrected chi connectivity index (χ4v) is 3.19. The molecule has 1 amide bonds. The van der Waals surface area contributed by atoms with Crippen LogP contribution >= 0.6 is 11.3 Å². The lowest BCUT2D eigenvalue weighted by molar-refractivity contribution is -0.137. The van der Waals surface area contributed by atoms with Crippen molar-refractivity contribution in [2.45, 2.75) is 20.3 Å². The number of aryl methyl sites for hydroxylation is 2. The van der Waals surface area contributed by atoms with E-state index in [1.54, 1.807) is 0 Å². The second kappa shape index (κ2) is 6.32. The van der Waals surface area contributed by atoms with E-state index in [9.17, 15) is 9.59 Å². The molecule has 1 aliphatic heterocycles. The van der Waals surface area contributed by atoms with Crippen molar-refractivity contribution in [3.8, 4) is 0 Å². The molecule has 2 heterocycles. The van der Waals surface area contributed by atoms with Crippen LogP contribution < -0.4 is 0 Å². The Bertz CT molecular complexity index is 507. The average Bonchev–Trinajstić information content (AvgIpc) is 2.75. The van der Waals surface area contributed by atoms with Gasteiger partial charge in [-0.2, -0.15) is 0 Å². The lowest BCUT2D eigenvalue weighted by atomic mass is 10.2. The molecule has 1 aromatic heterocycles. The van der Waals surface area contributed by atoms with Crippen molar-refractivity contribution in [2.75, 3.05) is 32.7 Å². The van der Waals surface area contributed by atoms with Crippen molar-refractivity contribution < 1.29 is 14.7 Å². The number of piperazine rings is 1. The quantitative estimate of drug-likeness (QED) is 0.897. The molecule has 0 saturated carbocycles. The maximum absolute atomic E-state index is 12.4. The normalized spacial score (nSPS) is 16.4. The van der Waals surface area contributed by atoms with E-state index in [0.717, 1.165) is 28.7 Å². The first-order valence-corrected chi connectivity index (χ1v) is 7.46. The van der Waals surface area contributed by atoms with Crippen LogP contribution in [0.25, 0.3) is 0 Å². The number of rotatable bonds is 4. The van der Waals surface area contributed by atoms with Gasteiger partial charge in [0.1, 0.15) is 4.88 Å². The van der Waals surface area contributed by atoms with Crippen molar-refractivity contribution >= 4 is 23.2 Å². The van der Waals surface area contributed by atoms with Gasteiger partial charge in [0.2, 0.25) is 0 Å². The van der Waals surface area contributed by atoms with Crippen molar-refractivity contribution in [1.29, 1.82) is 0 Å². The second-order valence-electron chi connectivity index (χ2n) is 4.92. The summed E-state index contributed by atoms with van der Waals surface area (Å²) in [6.07, 6.45) is 0.154. The van der Waals surface area contributed by atoms with Gasteiger partial charge >= 0.3 is 5.97 Å². The highest BCUT2D eigenvalue weighted by Crippen LogP contribution is 2.20. The highest BCUT2D eigenvalue weighted by atomic mass is 32.1. The van der Waals surface area contributed by atoms with Gasteiger partial charge in [-0.1, -0.05) is 0 Å². The van der Waals surface area contributed by atoms with Gasteiger partial charge in [0.15, 0.2) is 0 Å². The zero-order valence-electron chi connectivity index (χ0n) is 11.8. The maximum Gasteiger partial charge on any atom is 0.304 e. The molecular formula is C13H19N3O3S. The van der Waals surface area contributed by atoms with Gasteiger partial charge < -0.3 is 10.0 Å². The minimum Gasteiger partial charge on any atom is -0.481 e. The Morgan fingerprint density at radius 2 is 1.90 bits per heavy atom. The average molecular weight is 297 g/mol. The number of aliphatic carboxylic acids is 1. The van der Waals surface area contributed by atoms with Crippen molar-refractivity contribution in [3.05, 3.63) is 15.6 Å². The SMILES string of the molecule is Cc1nc(C)c(C(=O)N2CCN(CCC(=O)O)CC2)s1. The molecule has 1 N–H and O–H groups in total. The van der Waals surface area contributed by atoms with E-state index in [-0.39, 0.29) is 12.3 Å². The standard InChI is InChI=1S/C13H19N3O3S/c1-9-12(20-10(2)14-9)13(19)16-7-5-15(6-8-16)4-3-11(17)18/h3-8H2,1-2H3,(H,17,18). The Hall–Kier alpha value is -1.47. The molecule has 110 valence electrons. The molecule has 1 aliphatic rings. The van der Waals surface area contributed by atoms with Crippen LogP contribution in [0, 0.1) is 13.8 Å². The molecular weight excluding hydrogens is 278 g/mol. The number of carboxylic acids is 1. The Morgan fingerprint density at radius 1 is 1.25 bits per heavy atom. The Kier molecular flexibility index (Phi) is 4.72. The number of carboxylic acid groups (broad SMARTS) is 1. The number of hydrogen-bond donors (Lipinski definition) is 1. The monoisotopic (exact) mass is 297 g/mol. The molecule has 0 bridgehead atoms. The molecule has 20 heavy (non-hydrogen) atoms. The smallest absolute Gasteiger partial charge is 0.304 e. The van der Waals surface area contributed by atoms with Crippen LogP contribution in [0.3, 0.4) is 0 Å². The predicted molar refractivity (Wildman–Crippen MR) is 76.2 cm³/mol. The minimum atomic E-state index is -0.778.